The van der Waals surface area contributed by atoms with Crippen LogP contribution in [0.1, 0.15) is 77.6 Å². The van der Waals surface area contributed by atoms with Crippen LogP contribution < -0.4 is 0 Å². The van der Waals surface area contributed by atoms with Crippen LogP contribution in [0.4, 0.5) is 0 Å². The van der Waals surface area contributed by atoms with E-state index in [2.05, 4.69) is 38.2 Å². The minimum absolute atomic E-state index is 1.08. The highest BCUT2D eigenvalue weighted by Crippen LogP contribution is 2.08. The molecule has 0 fully saturated rings. The average Bonchev–Trinajstić information content (AvgIpc) is 2.35. The fourth-order valence-corrected chi connectivity index (χ4v) is 1.90. The highest BCUT2D eigenvalue weighted by molar-refractivity contribution is 4.81. The Kier molecular flexibility index (Phi) is 15.0. The summed E-state index contributed by atoms with van der Waals surface area (Å²) in [5.74, 6) is 0. The van der Waals surface area contributed by atoms with E-state index in [1.54, 1.807) is 0 Å². The van der Waals surface area contributed by atoms with E-state index in [0.717, 1.165) is 6.42 Å². The Bertz CT molecular complexity index is 176. The molecule has 0 aromatic carbocycles. The van der Waals surface area contributed by atoms with Gasteiger partial charge in [0.25, 0.3) is 0 Å². The first-order valence-electron chi connectivity index (χ1n) is 7.47. The molecule has 0 nitrogen and oxygen atoms in total. The van der Waals surface area contributed by atoms with E-state index in [9.17, 15) is 0 Å². The second kappa shape index (κ2) is 15.5. The lowest BCUT2D eigenvalue weighted by Gasteiger charge is -1.98. The van der Waals surface area contributed by atoms with Gasteiger partial charge in [-0.25, -0.2) is 0 Å². The van der Waals surface area contributed by atoms with Crippen LogP contribution in [0.2, 0.25) is 0 Å². The van der Waals surface area contributed by atoms with Crippen LogP contribution in [-0.2, 0) is 0 Å². The summed E-state index contributed by atoms with van der Waals surface area (Å²) in [5, 5.41) is 0. The third-order valence-corrected chi connectivity index (χ3v) is 3.01. The quantitative estimate of drug-likeness (QED) is 0.277. The second-order valence-corrected chi connectivity index (χ2v) is 4.73. The first kappa shape index (κ1) is 16.5. The summed E-state index contributed by atoms with van der Waals surface area (Å²) in [6, 6.07) is 0. The maximum absolute atomic E-state index is 3.85. The molecule has 0 aromatic heterocycles. The normalized spacial score (nSPS) is 11.9. The third kappa shape index (κ3) is 15.5. The van der Waals surface area contributed by atoms with E-state index in [1.807, 2.05) is 0 Å². The fourth-order valence-electron chi connectivity index (χ4n) is 1.90. The number of hydrogen-bond acceptors (Lipinski definition) is 0. The highest BCUT2D eigenvalue weighted by Gasteiger charge is 1.88. The standard InChI is InChI=1S/C17H31/c1-3-5-7-9-11-13-15-17-16-14-12-10-8-6-4-2/h4,6,11,13H,1,3,5,7-10,12,14-17H2,2H3. The van der Waals surface area contributed by atoms with Crippen LogP contribution in [0.5, 0.6) is 0 Å². The fraction of sp³-hybridized carbons (Fsp3) is 0.706. The summed E-state index contributed by atoms with van der Waals surface area (Å²) >= 11 is 0. The maximum Gasteiger partial charge on any atom is -0.0351 e. The smallest absolute Gasteiger partial charge is 0.0351 e. The Balaban J connectivity index is 3.02. The molecule has 99 valence electrons. The van der Waals surface area contributed by atoms with Gasteiger partial charge >= 0.3 is 0 Å². The number of rotatable bonds is 12. The first-order chi connectivity index (χ1) is 8.41. The predicted octanol–water partition coefficient (Wildman–Crippen LogP) is 6.24. The molecule has 0 N–H and O–H groups in total. The molecule has 0 aliphatic heterocycles. The molecule has 0 aromatic rings. The van der Waals surface area contributed by atoms with Crippen LogP contribution in [0.3, 0.4) is 0 Å². The largest absolute Gasteiger partial charge is 0.0917 e. The van der Waals surface area contributed by atoms with Gasteiger partial charge < -0.3 is 0 Å². The molecule has 0 heteroatoms. The summed E-state index contributed by atoms with van der Waals surface area (Å²) in [7, 11) is 0. The van der Waals surface area contributed by atoms with E-state index in [-0.39, 0.29) is 0 Å². The Labute approximate surface area is 109 Å². The Morgan fingerprint density at radius 2 is 1.12 bits per heavy atom. The van der Waals surface area contributed by atoms with Gasteiger partial charge in [-0.15, -0.1) is 0 Å². The van der Waals surface area contributed by atoms with Gasteiger partial charge in [0.1, 0.15) is 0 Å². The van der Waals surface area contributed by atoms with Crippen molar-refractivity contribution in [3.8, 4) is 0 Å². The molecular formula is C17H31. The summed E-state index contributed by atoms with van der Waals surface area (Å²) in [5.41, 5.74) is 0. The van der Waals surface area contributed by atoms with E-state index in [1.165, 1.54) is 64.2 Å². The summed E-state index contributed by atoms with van der Waals surface area (Å²) < 4.78 is 0. The minimum atomic E-state index is 1.08. The molecule has 0 aliphatic carbocycles. The van der Waals surface area contributed by atoms with Gasteiger partial charge in [-0.2, -0.15) is 0 Å². The third-order valence-electron chi connectivity index (χ3n) is 3.01. The molecule has 0 aliphatic rings. The number of unbranched alkanes of at least 4 members (excludes halogenated alkanes) is 9. The van der Waals surface area contributed by atoms with Crippen molar-refractivity contribution in [1.82, 2.24) is 0 Å². The van der Waals surface area contributed by atoms with Crippen molar-refractivity contribution in [1.29, 1.82) is 0 Å². The van der Waals surface area contributed by atoms with Gasteiger partial charge in [-0.05, 0) is 45.4 Å². The number of hydrogen-bond donors (Lipinski definition) is 0. The zero-order valence-electron chi connectivity index (χ0n) is 11.8. The molecule has 0 bridgehead atoms. The first-order valence-corrected chi connectivity index (χ1v) is 7.47. The van der Waals surface area contributed by atoms with E-state index >= 15 is 0 Å². The molecule has 0 saturated heterocycles. The van der Waals surface area contributed by atoms with Gasteiger partial charge in [0.2, 0.25) is 0 Å². The van der Waals surface area contributed by atoms with Crippen molar-refractivity contribution < 1.29 is 0 Å². The van der Waals surface area contributed by atoms with Crippen LogP contribution in [-0.4, -0.2) is 0 Å². The highest BCUT2D eigenvalue weighted by atomic mass is 13.9. The average molecular weight is 235 g/mol. The van der Waals surface area contributed by atoms with Crippen molar-refractivity contribution in [2.45, 2.75) is 77.6 Å². The lowest BCUT2D eigenvalue weighted by Crippen LogP contribution is -1.78. The molecule has 0 atom stereocenters. The maximum atomic E-state index is 3.85. The molecule has 0 unspecified atom stereocenters. The number of allylic oxidation sites excluding steroid dienone is 4. The molecule has 0 saturated carbocycles. The van der Waals surface area contributed by atoms with Crippen LogP contribution >= 0.6 is 0 Å². The molecule has 17 heavy (non-hydrogen) atoms. The zero-order valence-corrected chi connectivity index (χ0v) is 11.8. The zero-order chi connectivity index (χ0) is 12.6. The van der Waals surface area contributed by atoms with Gasteiger partial charge in [-0.3, -0.25) is 0 Å². The SMILES string of the molecule is [CH2]CCCCC=CCCCCCCCC=CC. The van der Waals surface area contributed by atoms with E-state index in [0.29, 0.717) is 0 Å². The summed E-state index contributed by atoms with van der Waals surface area (Å²) in [4.78, 5) is 0. The molecule has 0 amide bonds. The minimum Gasteiger partial charge on any atom is -0.0917 e. The van der Waals surface area contributed by atoms with Gasteiger partial charge in [0, 0.05) is 0 Å². The van der Waals surface area contributed by atoms with E-state index < -0.39 is 0 Å². The lowest BCUT2D eigenvalue weighted by molar-refractivity contribution is 0.621. The molecule has 0 heterocycles. The lowest BCUT2D eigenvalue weighted by atomic mass is 10.1. The Morgan fingerprint density at radius 3 is 1.65 bits per heavy atom. The Morgan fingerprint density at radius 1 is 0.647 bits per heavy atom. The van der Waals surface area contributed by atoms with Gasteiger partial charge in [-0.1, -0.05) is 63.3 Å². The summed E-state index contributed by atoms with van der Waals surface area (Å²) in [6.07, 6.45) is 23.5. The van der Waals surface area contributed by atoms with Gasteiger partial charge in [0.05, 0.1) is 0 Å². The van der Waals surface area contributed by atoms with Crippen molar-refractivity contribution >= 4 is 0 Å². The summed E-state index contributed by atoms with van der Waals surface area (Å²) in [6.45, 7) is 5.95. The van der Waals surface area contributed by atoms with Crippen molar-refractivity contribution in [2.75, 3.05) is 0 Å². The van der Waals surface area contributed by atoms with Crippen molar-refractivity contribution in [2.24, 2.45) is 0 Å². The Hall–Kier alpha value is -0.520. The van der Waals surface area contributed by atoms with Crippen LogP contribution in [0, 0.1) is 6.92 Å². The molecular weight excluding hydrogens is 204 g/mol. The van der Waals surface area contributed by atoms with Crippen LogP contribution in [0.25, 0.3) is 0 Å². The predicted molar refractivity (Wildman–Crippen MR) is 80.1 cm³/mol. The molecule has 0 spiro atoms. The van der Waals surface area contributed by atoms with Gasteiger partial charge in [0.15, 0.2) is 0 Å². The molecule has 0 rings (SSSR count). The molecule has 1 radical (unpaired) electrons. The monoisotopic (exact) mass is 235 g/mol. The second-order valence-electron chi connectivity index (χ2n) is 4.73. The van der Waals surface area contributed by atoms with E-state index in [4.69, 9.17) is 0 Å². The topological polar surface area (TPSA) is 0 Å². The van der Waals surface area contributed by atoms with Crippen molar-refractivity contribution in [3.63, 3.8) is 0 Å². The van der Waals surface area contributed by atoms with Crippen LogP contribution in [0.15, 0.2) is 24.3 Å². The van der Waals surface area contributed by atoms with Crippen molar-refractivity contribution in [3.05, 3.63) is 31.2 Å².